The number of ketones is 2. The van der Waals surface area contributed by atoms with Crippen molar-refractivity contribution in [2.45, 2.75) is 33.6 Å². The zero-order valence-electron chi connectivity index (χ0n) is 23.5. The summed E-state index contributed by atoms with van der Waals surface area (Å²) in [7, 11) is 0. The summed E-state index contributed by atoms with van der Waals surface area (Å²) in [6.45, 7) is 5.21. The Hall–Kier alpha value is -2.94. The van der Waals surface area contributed by atoms with Crippen LogP contribution in [0.25, 0.3) is 5.69 Å². The van der Waals surface area contributed by atoms with E-state index in [0.29, 0.717) is 32.1 Å². The Bertz CT molecular complexity index is 1430. The summed E-state index contributed by atoms with van der Waals surface area (Å²) in [5.41, 5.74) is 9.52. The summed E-state index contributed by atoms with van der Waals surface area (Å²) in [5, 5.41) is 4.40. The van der Waals surface area contributed by atoms with Gasteiger partial charge < -0.3 is 24.7 Å². The molecule has 2 aromatic carbocycles. The predicted octanol–water partition coefficient (Wildman–Crippen LogP) is 4.51. The fourth-order valence-electron chi connectivity index (χ4n) is 3.92. The molecule has 3 aromatic rings. The first-order chi connectivity index (χ1) is 20.2. The van der Waals surface area contributed by atoms with Gasteiger partial charge >= 0.3 is 11.9 Å². The second kappa shape index (κ2) is 18.0. The molecule has 1 atom stereocenters. The summed E-state index contributed by atoms with van der Waals surface area (Å²) in [6.07, 6.45) is 0. The molecular formula is C29H32Br2ClN3O8. The van der Waals surface area contributed by atoms with Gasteiger partial charge in [0.15, 0.2) is 11.5 Å². The van der Waals surface area contributed by atoms with E-state index < -0.39 is 23.6 Å². The predicted molar refractivity (Wildman–Crippen MR) is 166 cm³/mol. The van der Waals surface area contributed by atoms with E-state index in [2.05, 4.69) is 41.7 Å². The van der Waals surface area contributed by atoms with Crippen LogP contribution in [0.3, 0.4) is 0 Å². The lowest BCUT2D eigenvalue weighted by Crippen LogP contribution is -2.30. The second-order valence-corrected chi connectivity index (χ2v) is 10.7. The molecule has 0 aliphatic carbocycles. The van der Waals surface area contributed by atoms with Crippen LogP contribution in [0.1, 0.15) is 41.2 Å². The third-order valence-electron chi connectivity index (χ3n) is 5.93. The molecule has 1 fully saturated rings. The lowest BCUT2D eigenvalue weighted by molar-refractivity contribution is -0.156. The summed E-state index contributed by atoms with van der Waals surface area (Å²) >= 11 is 6.78. The van der Waals surface area contributed by atoms with Gasteiger partial charge in [-0.2, -0.15) is 5.10 Å². The van der Waals surface area contributed by atoms with E-state index in [1.54, 1.807) is 18.5 Å². The van der Waals surface area contributed by atoms with Gasteiger partial charge in [0.1, 0.15) is 12.5 Å². The van der Waals surface area contributed by atoms with Crippen molar-refractivity contribution in [1.82, 2.24) is 9.78 Å². The smallest absolute Gasteiger partial charge is 0.375 e. The quantitative estimate of drug-likeness (QED) is 0.208. The first-order valence-electron chi connectivity index (χ1n) is 13.1. The fraction of sp³-hybridized carbons (Fsp3) is 0.345. The Labute approximate surface area is 272 Å². The Morgan fingerprint density at radius 2 is 1.65 bits per heavy atom. The summed E-state index contributed by atoms with van der Waals surface area (Å²) in [4.78, 5) is 45.0. The fourth-order valence-corrected chi connectivity index (χ4v) is 4.75. The molecule has 0 spiro atoms. The molecule has 232 valence electrons. The van der Waals surface area contributed by atoms with Crippen LogP contribution in [0.5, 0.6) is 0 Å². The molecule has 14 heteroatoms. The van der Waals surface area contributed by atoms with Crippen LogP contribution in [0.4, 0.5) is 0 Å². The van der Waals surface area contributed by atoms with Crippen LogP contribution < -0.4 is 5.73 Å². The molecule has 2 N–H and O–H groups in total. The number of hydrogen-bond donors (Lipinski definition) is 1. The number of ether oxygens (including phenoxy) is 4. The van der Waals surface area contributed by atoms with Gasteiger partial charge in [0.25, 0.3) is 5.78 Å². The third-order valence-corrected chi connectivity index (χ3v) is 6.92. The zero-order valence-corrected chi connectivity index (χ0v) is 27.5. The molecule has 3 heterocycles. The van der Waals surface area contributed by atoms with Gasteiger partial charge in [-0.1, -0.05) is 50.1 Å². The van der Waals surface area contributed by atoms with Crippen LogP contribution in [-0.4, -0.2) is 59.7 Å². The number of Topliss-reactive ketones (excluding diaryl/α,β-unsaturated/α-hetero) is 2. The second-order valence-electron chi connectivity index (χ2n) is 8.83. The lowest BCUT2D eigenvalue weighted by Gasteiger charge is -2.05. The van der Waals surface area contributed by atoms with E-state index in [0.717, 1.165) is 31.5 Å². The highest BCUT2D eigenvalue weighted by atomic mass is 79.9. The number of halogens is 3. The first kappa shape index (κ1) is 36.3. The van der Waals surface area contributed by atoms with Crippen molar-refractivity contribution in [3.8, 4) is 5.69 Å². The molecule has 0 saturated carbocycles. The number of carbonyl (C=O) groups excluding carboxylic acids is 4. The molecule has 43 heavy (non-hydrogen) atoms. The van der Waals surface area contributed by atoms with Crippen LogP contribution in [-0.2, 0) is 53.1 Å². The van der Waals surface area contributed by atoms with Crippen molar-refractivity contribution in [3.63, 3.8) is 0 Å². The van der Waals surface area contributed by atoms with E-state index in [9.17, 15) is 19.2 Å². The van der Waals surface area contributed by atoms with Gasteiger partial charge in [0.05, 0.1) is 44.4 Å². The topological polar surface area (TPSA) is 149 Å². The molecule has 1 saturated heterocycles. The highest BCUT2D eigenvalue weighted by Crippen LogP contribution is 2.27. The van der Waals surface area contributed by atoms with E-state index in [1.807, 2.05) is 48.5 Å². The summed E-state index contributed by atoms with van der Waals surface area (Å²) < 4.78 is 23.5. The maximum atomic E-state index is 12.0. The summed E-state index contributed by atoms with van der Waals surface area (Å²) in [5.74, 6) is -3.45. The molecule has 11 nitrogen and oxygen atoms in total. The maximum absolute atomic E-state index is 12.0. The van der Waals surface area contributed by atoms with Crippen molar-refractivity contribution >= 4 is 67.8 Å². The number of nitrogens with two attached hydrogens (primary N) is 1. The van der Waals surface area contributed by atoms with E-state index in [4.69, 9.17) is 19.9 Å². The SMILES string of the molecule is CCOC(=O)C(=O)C1COCC1=O.CCOC(=O)c1nn(-c2cccc(Br)c2)c2c1COC2.Cl.NCc1cccc(Br)c1. The Balaban J connectivity index is 0.000000243. The van der Waals surface area contributed by atoms with Gasteiger partial charge in [-0.05, 0) is 49.7 Å². The standard InChI is InChI=1S/C14H13BrN2O3.C8H10O5.C7H8BrN.ClH/c1-2-20-14(18)13-11-7-19-8-12(11)17(16-13)10-5-3-4-9(15)6-10;1-2-13-8(11)7(10)5-3-12-4-6(5)9;8-7-3-1-2-6(4-7)5-9;/h3-6H,2,7-8H2,1H3;5H,2-4H2,1H3;1-4H,5,9H2;1H. The minimum absolute atomic E-state index is 0. The highest BCUT2D eigenvalue weighted by Gasteiger charge is 2.36. The van der Waals surface area contributed by atoms with Gasteiger partial charge in [-0.3, -0.25) is 9.59 Å². The molecule has 1 aromatic heterocycles. The normalized spacial score (nSPS) is 14.7. The zero-order chi connectivity index (χ0) is 30.6. The average molecular weight is 746 g/mol. The van der Waals surface area contributed by atoms with Crippen LogP contribution in [0.2, 0.25) is 0 Å². The van der Waals surface area contributed by atoms with Gasteiger partial charge in [-0.15, -0.1) is 12.4 Å². The lowest BCUT2D eigenvalue weighted by atomic mass is 10.0. The molecular weight excluding hydrogens is 714 g/mol. The summed E-state index contributed by atoms with van der Waals surface area (Å²) in [6, 6.07) is 15.7. The Kier molecular flexibility index (Phi) is 15.2. The molecule has 2 aliphatic rings. The van der Waals surface area contributed by atoms with E-state index in [-0.39, 0.29) is 38.0 Å². The number of carbonyl (C=O) groups is 4. The van der Waals surface area contributed by atoms with Crippen LogP contribution in [0, 0.1) is 5.92 Å². The van der Waals surface area contributed by atoms with E-state index >= 15 is 0 Å². The minimum atomic E-state index is -0.952. The number of aromatic nitrogens is 2. The van der Waals surface area contributed by atoms with Crippen molar-refractivity contribution in [2.75, 3.05) is 26.4 Å². The average Bonchev–Trinajstić information content (AvgIpc) is 3.71. The van der Waals surface area contributed by atoms with Gasteiger partial charge in [0.2, 0.25) is 0 Å². The molecule has 2 aliphatic heterocycles. The van der Waals surface area contributed by atoms with Crippen molar-refractivity contribution in [3.05, 3.63) is 80.0 Å². The Morgan fingerprint density at radius 3 is 2.21 bits per heavy atom. The number of hydrogen-bond acceptors (Lipinski definition) is 10. The monoisotopic (exact) mass is 743 g/mol. The molecule has 5 rings (SSSR count). The maximum Gasteiger partial charge on any atom is 0.375 e. The number of nitrogens with zero attached hydrogens (tertiary/aromatic N) is 2. The number of rotatable bonds is 7. The molecule has 0 radical (unpaired) electrons. The van der Waals surface area contributed by atoms with Crippen molar-refractivity contribution in [1.29, 1.82) is 0 Å². The van der Waals surface area contributed by atoms with Gasteiger partial charge in [-0.25, -0.2) is 14.3 Å². The number of benzene rings is 2. The number of esters is 2. The van der Waals surface area contributed by atoms with Gasteiger partial charge in [0, 0.05) is 21.1 Å². The molecule has 1 unspecified atom stereocenters. The number of fused-ring (bicyclic) bond motifs is 1. The van der Waals surface area contributed by atoms with Crippen LogP contribution in [0.15, 0.2) is 57.5 Å². The largest absolute Gasteiger partial charge is 0.461 e. The molecule has 0 amide bonds. The van der Waals surface area contributed by atoms with E-state index in [1.165, 1.54) is 0 Å². The Morgan fingerprint density at radius 1 is 0.977 bits per heavy atom. The van der Waals surface area contributed by atoms with Crippen LogP contribution >= 0.6 is 44.3 Å². The first-order valence-corrected chi connectivity index (χ1v) is 14.7. The highest BCUT2D eigenvalue weighted by molar-refractivity contribution is 9.10. The third kappa shape index (κ3) is 10.1. The molecule has 0 bridgehead atoms. The van der Waals surface area contributed by atoms with Crippen molar-refractivity contribution < 1.29 is 38.1 Å². The van der Waals surface area contributed by atoms with Crippen molar-refractivity contribution in [2.24, 2.45) is 11.7 Å². The minimum Gasteiger partial charge on any atom is -0.461 e.